The monoisotopic (exact) mass is 287 g/mol. The van der Waals surface area contributed by atoms with Gasteiger partial charge in [0.1, 0.15) is 17.8 Å². The molecule has 0 aliphatic heterocycles. The van der Waals surface area contributed by atoms with E-state index in [1.54, 1.807) is 31.2 Å². The lowest BCUT2D eigenvalue weighted by molar-refractivity contribution is 1.15. The zero-order chi connectivity index (χ0) is 14.0. The van der Waals surface area contributed by atoms with Crippen LogP contribution < -0.4 is 0 Å². The Labute approximate surface area is 120 Å². The lowest BCUT2D eigenvalue weighted by Crippen LogP contribution is -1.96. The van der Waals surface area contributed by atoms with Gasteiger partial charge >= 0.3 is 0 Å². The van der Waals surface area contributed by atoms with Gasteiger partial charge in [0, 0.05) is 21.2 Å². The number of aromatic nitrogens is 1. The SMILES string of the molecule is Cc1nc(C#N)cc(-c2ccc(Cl)cc2Cl)c1C#N. The highest BCUT2D eigenvalue weighted by atomic mass is 35.5. The molecule has 0 unspecified atom stereocenters. The predicted molar refractivity (Wildman–Crippen MR) is 73.9 cm³/mol. The van der Waals surface area contributed by atoms with Crippen LogP contribution in [-0.2, 0) is 0 Å². The first kappa shape index (κ1) is 13.4. The van der Waals surface area contributed by atoms with Gasteiger partial charge in [0.15, 0.2) is 0 Å². The minimum absolute atomic E-state index is 0.248. The molecule has 0 atom stereocenters. The van der Waals surface area contributed by atoms with Crippen LogP contribution in [0.3, 0.4) is 0 Å². The van der Waals surface area contributed by atoms with Gasteiger partial charge in [-0.1, -0.05) is 29.3 Å². The average molecular weight is 288 g/mol. The van der Waals surface area contributed by atoms with E-state index in [0.717, 1.165) is 0 Å². The third-order valence-corrected chi connectivity index (χ3v) is 3.20. The maximum absolute atomic E-state index is 9.23. The number of pyridine rings is 1. The van der Waals surface area contributed by atoms with Crippen molar-refractivity contribution in [3.05, 3.63) is 51.3 Å². The van der Waals surface area contributed by atoms with E-state index in [2.05, 4.69) is 11.1 Å². The quantitative estimate of drug-likeness (QED) is 0.793. The van der Waals surface area contributed by atoms with Crippen molar-refractivity contribution in [1.29, 1.82) is 10.5 Å². The molecule has 2 aromatic rings. The molecule has 3 nitrogen and oxygen atoms in total. The van der Waals surface area contributed by atoms with E-state index in [1.807, 2.05) is 6.07 Å². The van der Waals surface area contributed by atoms with Gasteiger partial charge in [-0.05, 0) is 25.1 Å². The molecule has 0 amide bonds. The second kappa shape index (κ2) is 5.28. The predicted octanol–water partition coefficient (Wildman–Crippen LogP) is 4.11. The highest BCUT2D eigenvalue weighted by molar-refractivity contribution is 6.36. The third-order valence-electron chi connectivity index (χ3n) is 2.65. The fraction of sp³-hybridized carbons (Fsp3) is 0.0714. The van der Waals surface area contributed by atoms with Gasteiger partial charge in [0.2, 0.25) is 0 Å². The summed E-state index contributed by atoms with van der Waals surface area (Å²) >= 11 is 12.0. The van der Waals surface area contributed by atoms with Crippen LogP contribution in [0.5, 0.6) is 0 Å². The van der Waals surface area contributed by atoms with E-state index < -0.39 is 0 Å². The van der Waals surface area contributed by atoms with Crippen molar-refractivity contribution in [2.75, 3.05) is 0 Å². The fourth-order valence-electron chi connectivity index (χ4n) is 1.79. The van der Waals surface area contributed by atoms with Gasteiger partial charge in [-0.25, -0.2) is 4.98 Å². The van der Waals surface area contributed by atoms with Crippen molar-refractivity contribution < 1.29 is 0 Å². The summed E-state index contributed by atoms with van der Waals surface area (Å²) in [4.78, 5) is 4.04. The lowest BCUT2D eigenvalue weighted by atomic mass is 9.99. The number of rotatable bonds is 1. The summed E-state index contributed by atoms with van der Waals surface area (Å²) in [5.41, 5.74) is 2.40. The highest BCUT2D eigenvalue weighted by Crippen LogP contribution is 2.33. The van der Waals surface area contributed by atoms with Gasteiger partial charge in [0.05, 0.1) is 11.3 Å². The first-order valence-corrected chi connectivity index (χ1v) is 6.09. The van der Waals surface area contributed by atoms with Crippen molar-refractivity contribution in [1.82, 2.24) is 4.98 Å². The Kier molecular flexibility index (Phi) is 3.71. The maximum Gasteiger partial charge on any atom is 0.141 e. The number of benzene rings is 1. The van der Waals surface area contributed by atoms with Crippen LogP contribution in [0.2, 0.25) is 10.0 Å². The minimum Gasteiger partial charge on any atom is -0.241 e. The van der Waals surface area contributed by atoms with E-state index in [4.69, 9.17) is 28.5 Å². The molecule has 0 saturated heterocycles. The third kappa shape index (κ3) is 2.53. The molecule has 0 fully saturated rings. The van der Waals surface area contributed by atoms with Crippen LogP contribution in [0, 0.1) is 29.6 Å². The summed E-state index contributed by atoms with van der Waals surface area (Å²) in [6, 6.07) is 10.6. The van der Waals surface area contributed by atoms with Crippen molar-refractivity contribution in [2.45, 2.75) is 6.92 Å². The molecule has 19 heavy (non-hydrogen) atoms. The zero-order valence-corrected chi connectivity index (χ0v) is 11.4. The summed E-state index contributed by atoms with van der Waals surface area (Å²) in [6.07, 6.45) is 0. The van der Waals surface area contributed by atoms with Crippen LogP contribution in [0.25, 0.3) is 11.1 Å². The molecule has 0 spiro atoms. The standard InChI is InChI=1S/C14H7Cl2N3/c1-8-13(7-18)12(5-10(6-17)19-8)11-3-2-9(15)4-14(11)16/h2-5H,1H3. The number of halogens is 2. The highest BCUT2D eigenvalue weighted by Gasteiger charge is 2.14. The van der Waals surface area contributed by atoms with E-state index in [1.165, 1.54) is 0 Å². The summed E-state index contributed by atoms with van der Waals surface area (Å²) in [6.45, 7) is 1.69. The van der Waals surface area contributed by atoms with Gasteiger partial charge in [-0.2, -0.15) is 10.5 Å². The molecule has 1 aromatic heterocycles. The molecular weight excluding hydrogens is 281 g/mol. The molecule has 0 radical (unpaired) electrons. The number of nitriles is 2. The van der Waals surface area contributed by atoms with Crippen molar-refractivity contribution in [2.24, 2.45) is 0 Å². The molecule has 2 rings (SSSR count). The van der Waals surface area contributed by atoms with E-state index in [-0.39, 0.29) is 5.69 Å². The Morgan fingerprint density at radius 1 is 1.05 bits per heavy atom. The summed E-state index contributed by atoms with van der Waals surface area (Å²) in [5.74, 6) is 0. The molecular formula is C14H7Cl2N3. The van der Waals surface area contributed by atoms with Crippen molar-refractivity contribution >= 4 is 23.2 Å². The summed E-state index contributed by atoms with van der Waals surface area (Å²) < 4.78 is 0. The Balaban J connectivity index is 2.78. The molecule has 1 heterocycles. The zero-order valence-electron chi connectivity index (χ0n) is 9.91. The summed E-state index contributed by atoms with van der Waals surface area (Å²) in [5, 5.41) is 19.1. The van der Waals surface area contributed by atoms with Gasteiger partial charge in [-0.3, -0.25) is 0 Å². The number of nitrogens with zero attached hydrogens (tertiary/aromatic N) is 3. The molecule has 1 aromatic carbocycles. The molecule has 0 saturated carbocycles. The minimum atomic E-state index is 0.248. The number of hydrogen-bond acceptors (Lipinski definition) is 3. The Bertz CT molecular complexity index is 740. The average Bonchev–Trinajstić information content (AvgIpc) is 2.37. The van der Waals surface area contributed by atoms with Crippen LogP contribution in [0.15, 0.2) is 24.3 Å². The molecule has 0 aliphatic rings. The normalized spacial score (nSPS) is 9.74. The topological polar surface area (TPSA) is 60.5 Å². The smallest absolute Gasteiger partial charge is 0.141 e. The second-order valence-electron chi connectivity index (χ2n) is 3.86. The molecule has 0 N–H and O–H groups in total. The van der Waals surface area contributed by atoms with Gasteiger partial charge < -0.3 is 0 Å². The lowest BCUT2D eigenvalue weighted by Gasteiger charge is -2.09. The Morgan fingerprint density at radius 3 is 2.37 bits per heavy atom. The molecule has 92 valence electrons. The first-order valence-electron chi connectivity index (χ1n) is 5.34. The molecule has 0 bridgehead atoms. The maximum atomic E-state index is 9.23. The van der Waals surface area contributed by atoms with Crippen molar-refractivity contribution in [3.63, 3.8) is 0 Å². The second-order valence-corrected chi connectivity index (χ2v) is 4.71. The molecule has 5 heteroatoms. The first-order chi connectivity index (χ1) is 9.06. The van der Waals surface area contributed by atoms with Crippen LogP contribution in [0.4, 0.5) is 0 Å². The fourth-order valence-corrected chi connectivity index (χ4v) is 2.30. The van der Waals surface area contributed by atoms with E-state index >= 15 is 0 Å². The number of hydrogen-bond donors (Lipinski definition) is 0. The Hall–Kier alpha value is -2.07. The van der Waals surface area contributed by atoms with Crippen LogP contribution in [-0.4, -0.2) is 4.98 Å². The van der Waals surface area contributed by atoms with Gasteiger partial charge in [-0.15, -0.1) is 0 Å². The van der Waals surface area contributed by atoms with Crippen molar-refractivity contribution in [3.8, 4) is 23.3 Å². The Morgan fingerprint density at radius 2 is 1.79 bits per heavy atom. The van der Waals surface area contributed by atoms with Crippen LogP contribution in [0.1, 0.15) is 17.0 Å². The van der Waals surface area contributed by atoms with E-state index in [9.17, 15) is 5.26 Å². The molecule has 0 aliphatic carbocycles. The van der Waals surface area contributed by atoms with Gasteiger partial charge in [0.25, 0.3) is 0 Å². The summed E-state index contributed by atoms with van der Waals surface area (Å²) in [7, 11) is 0. The number of aryl methyl sites for hydroxylation is 1. The van der Waals surface area contributed by atoms with Crippen LogP contribution >= 0.6 is 23.2 Å². The largest absolute Gasteiger partial charge is 0.241 e. The van der Waals surface area contributed by atoms with E-state index in [0.29, 0.717) is 32.4 Å².